The number of aromatic nitrogens is 3. The molecule has 1 aromatic heterocycles. The third-order valence-corrected chi connectivity index (χ3v) is 4.51. The van der Waals surface area contributed by atoms with Crippen LogP contribution in [-0.2, 0) is 8.67 Å². The van der Waals surface area contributed by atoms with E-state index in [4.69, 9.17) is 69.6 Å². The number of nitrogens with zero attached hydrogens (tertiary/aromatic N) is 3. The zero-order chi connectivity index (χ0) is 13.3. The first kappa shape index (κ1) is 16.3. The van der Waals surface area contributed by atoms with Gasteiger partial charge in [0.25, 0.3) is 0 Å². The van der Waals surface area contributed by atoms with Crippen molar-refractivity contribution in [2.24, 2.45) is 0 Å². The zero-order valence-corrected chi connectivity index (χ0v) is 14.0. The molecule has 0 aliphatic rings. The fraction of sp³-hybridized carbons (Fsp3) is 0.571. The largest absolute Gasteiger partial charge is 0.211 e. The van der Waals surface area contributed by atoms with Gasteiger partial charge in [-0.05, 0) is 15.9 Å². The van der Waals surface area contributed by atoms with E-state index in [0.29, 0.717) is 0 Å². The Balaban J connectivity index is 3.29. The summed E-state index contributed by atoms with van der Waals surface area (Å²) in [6.07, 6.45) is 0. The molecular formula is C7H4BrCl6N3. The van der Waals surface area contributed by atoms with E-state index in [9.17, 15) is 0 Å². The van der Waals surface area contributed by atoms with E-state index in [1.54, 1.807) is 0 Å². The highest BCUT2D eigenvalue weighted by Gasteiger charge is 2.35. The molecule has 1 heterocycles. The summed E-state index contributed by atoms with van der Waals surface area (Å²) in [6.45, 7) is 0. The smallest absolute Gasteiger partial charge is 0.200 e. The predicted molar refractivity (Wildman–Crippen MR) is 75.7 cm³/mol. The first-order valence-corrected chi connectivity index (χ1v) is 7.40. The summed E-state index contributed by atoms with van der Waals surface area (Å²) in [5, 5.41) is 0. The average Bonchev–Trinajstić information content (AvgIpc) is 2.28. The molecule has 0 saturated heterocycles. The summed E-state index contributed by atoms with van der Waals surface area (Å²) >= 11 is 38.0. The van der Waals surface area contributed by atoms with Crippen LogP contribution in [-0.4, -0.2) is 26.7 Å². The predicted octanol–water partition coefficient (Wildman–Crippen LogP) is 4.37. The Morgan fingerprint density at radius 3 is 1.47 bits per heavy atom. The van der Waals surface area contributed by atoms with E-state index in [-0.39, 0.29) is 28.1 Å². The van der Waals surface area contributed by atoms with Crippen molar-refractivity contribution >= 4 is 85.5 Å². The van der Waals surface area contributed by atoms with Crippen LogP contribution in [0.1, 0.15) is 11.6 Å². The lowest BCUT2D eigenvalue weighted by atomic mass is 10.4. The highest BCUT2D eigenvalue weighted by molar-refractivity contribution is 9.10. The van der Waals surface area contributed by atoms with Crippen LogP contribution in [0.2, 0.25) is 0 Å². The van der Waals surface area contributed by atoms with Gasteiger partial charge in [-0.2, -0.15) is 0 Å². The first-order chi connectivity index (χ1) is 7.73. The molecule has 96 valence electrons. The Morgan fingerprint density at radius 1 is 0.824 bits per heavy atom. The van der Waals surface area contributed by atoms with E-state index in [2.05, 4.69) is 30.9 Å². The fourth-order valence-electron chi connectivity index (χ4n) is 0.797. The molecular weight excluding hydrogens is 419 g/mol. The van der Waals surface area contributed by atoms with Gasteiger partial charge >= 0.3 is 0 Å². The van der Waals surface area contributed by atoms with Crippen LogP contribution in [0.3, 0.4) is 0 Å². The van der Waals surface area contributed by atoms with Gasteiger partial charge in [0.1, 0.15) is 0 Å². The quantitative estimate of drug-likeness (QED) is 0.676. The van der Waals surface area contributed by atoms with E-state index in [0.717, 1.165) is 0 Å². The van der Waals surface area contributed by atoms with Crippen molar-refractivity contribution < 1.29 is 0 Å². The Labute approximate surface area is 136 Å². The second kappa shape index (κ2) is 6.12. The topological polar surface area (TPSA) is 38.7 Å². The zero-order valence-electron chi connectivity index (χ0n) is 7.90. The minimum Gasteiger partial charge on any atom is -0.211 e. The van der Waals surface area contributed by atoms with Crippen LogP contribution in [0.25, 0.3) is 0 Å². The van der Waals surface area contributed by atoms with Crippen molar-refractivity contribution in [3.63, 3.8) is 0 Å². The number of alkyl halides is 6. The average molecular weight is 423 g/mol. The van der Waals surface area contributed by atoms with Crippen molar-refractivity contribution in [2.75, 3.05) is 11.8 Å². The van der Waals surface area contributed by atoms with Crippen LogP contribution in [0.5, 0.6) is 0 Å². The number of halogens is 7. The highest BCUT2D eigenvalue weighted by Crippen LogP contribution is 2.37. The second-order valence-electron chi connectivity index (χ2n) is 2.93. The summed E-state index contributed by atoms with van der Waals surface area (Å²) < 4.78 is -2.74. The van der Waals surface area contributed by atoms with Gasteiger partial charge in [-0.15, -0.1) is 23.2 Å². The Kier molecular flexibility index (Phi) is 5.86. The monoisotopic (exact) mass is 419 g/mol. The maximum atomic E-state index is 5.92. The van der Waals surface area contributed by atoms with Crippen LogP contribution in [0.15, 0.2) is 4.73 Å². The van der Waals surface area contributed by atoms with Gasteiger partial charge < -0.3 is 0 Å². The normalized spacial score (nSPS) is 12.9. The van der Waals surface area contributed by atoms with Gasteiger partial charge in [0.2, 0.25) is 0 Å². The second-order valence-corrected chi connectivity index (χ2v) is 7.14. The molecule has 0 aromatic carbocycles. The molecule has 3 nitrogen and oxygen atoms in total. The van der Waals surface area contributed by atoms with E-state index in [1.807, 2.05) is 0 Å². The van der Waals surface area contributed by atoms with Gasteiger partial charge in [0.05, 0.1) is 11.8 Å². The van der Waals surface area contributed by atoms with Crippen molar-refractivity contribution in [1.29, 1.82) is 0 Å². The molecule has 0 atom stereocenters. The lowest BCUT2D eigenvalue weighted by molar-refractivity contribution is 0.738. The molecule has 0 amide bonds. The van der Waals surface area contributed by atoms with Gasteiger partial charge in [0.15, 0.2) is 25.0 Å². The van der Waals surface area contributed by atoms with Gasteiger partial charge in [-0.1, -0.05) is 46.4 Å². The Bertz CT molecular complexity index is 378. The van der Waals surface area contributed by atoms with Crippen LogP contribution >= 0.6 is 85.5 Å². The fourth-order valence-corrected chi connectivity index (χ4v) is 1.71. The van der Waals surface area contributed by atoms with E-state index < -0.39 is 8.67 Å². The molecule has 1 rings (SSSR count). The minimum absolute atomic E-state index is 0.0449. The highest BCUT2D eigenvalue weighted by atomic mass is 79.9. The summed E-state index contributed by atoms with van der Waals surface area (Å²) in [5.41, 5.74) is 0. The third kappa shape index (κ3) is 4.10. The number of rotatable bonds is 4. The van der Waals surface area contributed by atoms with Crippen LogP contribution in [0.4, 0.5) is 0 Å². The SMILES string of the molecule is ClCC(Cl)(Cl)c1nc(Br)nc(C(Cl)(Cl)CCl)n1. The lowest BCUT2D eigenvalue weighted by Crippen LogP contribution is -2.24. The summed E-state index contributed by atoms with van der Waals surface area (Å²) in [7, 11) is 0. The van der Waals surface area contributed by atoms with Crippen molar-refractivity contribution in [1.82, 2.24) is 15.0 Å². The minimum atomic E-state index is -1.46. The molecule has 0 fully saturated rings. The maximum absolute atomic E-state index is 5.92. The molecule has 17 heavy (non-hydrogen) atoms. The van der Waals surface area contributed by atoms with Gasteiger partial charge in [-0.25, -0.2) is 15.0 Å². The number of hydrogen-bond acceptors (Lipinski definition) is 3. The Morgan fingerprint density at radius 2 is 1.18 bits per heavy atom. The maximum Gasteiger partial charge on any atom is 0.200 e. The number of hydrogen-bond donors (Lipinski definition) is 0. The summed E-state index contributed by atoms with van der Waals surface area (Å²) in [5.74, 6) is -0.124. The Hall–Kier alpha value is 1.23. The van der Waals surface area contributed by atoms with Gasteiger partial charge in [-0.3, -0.25) is 0 Å². The molecule has 0 spiro atoms. The lowest BCUT2D eigenvalue weighted by Gasteiger charge is -2.19. The molecule has 1 aromatic rings. The summed E-state index contributed by atoms with van der Waals surface area (Å²) in [4.78, 5) is 11.8. The molecule has 0 unspecified atom stereocenters. The molecule has 0 aliphatic heterocycles. The standard InChI is InChI=1S/C7H4BrCl6N3/c8-5-16-3(6(11,12)1-9)15-4(17-5)7(13,14)2-10/h1-2H2. The van der Waals surface area contributed by atoms with E-state index in [1.165, 1.54) is 0 Å². The van der Waals surface area contributed by atoms with Crippen molar-refractivity contribution in [3.8, 4) is 0 Å². The third-order valence-electron chi connectivity index (χ3n) is 1.60. The molecule has 10 heteroatoms. The molecule has 0 saturated carbocycles. The van der Waals surface area contributed by atoms with E-state index >= 15 is 0 Å². The van der Waals surface area contributed by atoms with Crippen LogP contribution in [0, 0.1) is 0 Å². The molecule has 0 N–H and O–H groups in total. The van der Waals surface area contributed by atoms with Crippen LogP contribution < -0.4 is 0 Å². The van der Waals surface area contributed by atoms with Gasteiger partial charge in [0, 0.05) is 0 Å². The molecule has 0 radical (unpaired) electrons. The molecule has 0 aliphatic carbocycles. The van der Waals surface area contributed by atoms with Crippen molar-refractivity contribution in [3.05, 3.63) is 16.4 Å². The summed E-state index contributed by atoms with van der Waals surface area (Å²) in [6, 6.07) is 0. The first-order valence-electron chi connectivity index (χ1n) is 4.03. The van der Waals surface area contributed by atoms with Crippen molar-refractivity contribution in [2.45, 2.75) is 8.67 Å². The molecule has 0 bridgehead atoms.